The zero-order chi connectivity index (χ0) is 14.0. The second-order valence-electron chi connectivity index (χ2n) is 4.12. The van der Waals surface area contributed by atoms with Gasteiger partial charge in [-0.15, -0.1) is 0 Å². The average Bonchev–Trinajstić information content (AvgIpc) is 2.37. The van der Waals surface area contributed by atoms with E-state index in [0.717, 1.165) is 17.7 Å². The fourth-order valence-electron chi connectivity index (χ4n) is 1.76. The van der Waals surface area contributed by atoms with Gasteiger partial charge in [0.2, 0.25) is 0 Å². The highest BCUT2D eigenvalue weighted by molar-refractivity contribution is 5.71. The number of halogens is 3. The van der Waals surface area contributed by atoms with Crippen molar-refractivity contribution in [3.63, 3.8) is 0 Å². The molecule has 0 bridgehead atoms. The van der Waals surface area contributed by atoms with Gasteiger partial charge < -0.3 is 0 Å². The van der Waals surface area contributed by atoms with Gasteiger partial charge in [-0.3, -0.25) is 4.98 Å². The van der Waals surface area contributed by atoms with Crippen molar-refractivity contribution in [2.24, 2.45) is 0 Å². The molecule has 1 aromatic heterocycles. The summed E-state index contributed by atoms with van der Waals surface area (Å²) in [4.78, 5) is 3.94. The van der Waals surface area contributed by atoms with Crippen molar-refractivity contribution in [1.29, 1.82) is 5.26 Å². The molecule has 0 fully saturated rings. The molecule has 1 aromatic carbocycles. The lowest BCUT2D eigenvalue weighted by Gasteiger charge is -2.10. The predicted molar refractivity (Wildman–Crippen MR) is 64.1 cm³/mol. The van der Waals surface area contributed by atoms with Crippen LogP contribution in [0.15, 0.2) is 36.7 Å². The summed E-state index contributed by atoms with van der Waals surface area (Å²) in [5.41, 5.74) is 0.985. The first-order chi connectivity index (χ1) is 8.91. The number of nitrogens with zero attached hydrogens (tertiary/aromatic N) is 2. The number of rotatable bonds is 1. The molecular formula is C14H9F3N2. The number of alkyl halides is 3. The van der Waals surface area contributed by atoms with Gasteiger partial charge in [0, 0.05) is 23.5 Å². The van der Waals surface area contributed by atoms with Crippen molar-refractivity contribution in [2.45, 2.75) is 13.1 Å². The SMILES string of the molecule is Cc1cncc(-c2cc(C(F)(F)F)ccc2C#N)c1. The Bertz CT molecular complexity index is 654. The van der Waals surface area contributed by atoms with E-state index in [0.29, 0.717) is 5.56 Å². The molecule has 0 aliphatic rings. The minimum atomic E-state index is -4.43. The number of benzene rings is 1. The van der Waals surface area contributed by atoms with E-state index in [2.05, 4.69) is 4.98 Å². The van der Waals surface area contributed by atoms with Gasteiger partial charge in [-0.25, -0.2) is 0 Å². The van der Waals surface area contributed by atoms with Crippen LogP contribution in [0.1, 0.15) is 16.7 Å². The van der Waals surface area contributed by atoms with Gasteiger partial charge in [0.25, 0.3) is 0 Å². The number of nitriles is 1. The molecule has 0 N–H and O–H groups in total. The third-order valence-electron chi connectivity index (χ3n) is 2.65. The van der Waals surface area contributed by atoms with Crippen molar-refractivity contribution in [3.8, 4) is 17.2 Å². The first-order valence-electron chi connectivity index (χ1n) is 5.45. The Balaban J connectivity index is 2.64. The standard InChI is InChI=1S/C14H9F3N2/c1-9-4-11(8-19-7-9)13-5-12(14(15,16)17)3-2-10(13)6-18/h2-5,7-8H,1H3. The minimum Gasteiger partial charge on any atom is -0.264 e. The maximum absolute atomic E-state index is 12.7. The van der Waals surface area contributed by atoms with E-state index in [1.54, 1.807) is 19.2 Å². The van der Waals surface area contributed by atoms with Crippen LogP contribution in [0.5, 0.6) is 0 Å². The van der Waals surface area contributed by atoms with Crippen molar-refractivity contribution in [1.82, 2.24) is 4.98 Å². The zero-order valence-electron chi connectivity index (χ0n) is 9.99. The average molecular weight is 262 g/mol. The molecule has 96 valence electrons. The Morgan fingerprint density at radius 1 is 1.16 bits per heavy atom. The summed E-state index contributed by atoms with van der Waals surface area (Å²) in [5, 5.41) is 8.99. The molecule has 0 amide bonds. The van der Waals surface area contributed by atoms with Gasteiger partial charge in [0.1, 0.15) is 0 Å². The van der Waals surface area contributed by atoms with Crippen LogP contribution in [0.25, 0.3) is 11.1 Å². The number of pyridine rings is 1. The largest absolute Gasteiger partial charge is 0.416 e. The molecular weight excluding hydrogens is 253 g/mol. The highest BCUT2D eigenvalue weighted by Crippen LogP contribution is 2.33. The molecule has 0 spiro atoms. The van der Waals surface area contributed by atoms with Crippen LogP contribution in [-0.2, 0) is 6.18 Å². The molecule has 0 unspecified atom stereocenters. The maximum Gasteiger partial charge on any atom is 0.416 e. The number of aryl methyl sites for hydroxylation is 1. The van der Waals surface area contributed by atoms with E-state index in [9.17, 15) is 13.2 Å². The third kappa shape index (κ3) is 2.74. The van der Waals surface area contributed by atoms with Gasteiger partial charge in [-0.2, -0.15) is 18.4 Å². The highest BCUT2D eigenvalue weighted by atomic mass is 19.4. The second kappa shape index (κ2) is 4.73. The van der Waals surface area contributed by atoms with E-state index in [1.807, 2.05) is 6.07 Å². The van der Waals surface area contributed by atoms with Gasteiger partial charge in [0.15, 0.2) is 0 Å². The first kappa shape index (κ1) is 13.1. The first-order valence-corrected chi connectivity index (χ1v) is 5.45. The van der Waals surface area contributed by atoms with Crippen molar-refractivity contribution in [2.75, 3.05) is 0 Å². The van der Waals surface area contributed by atoms with E-state index in [4.69, 9.17) is 5.26 Å². The van der Waals surface area contributed by atoms with E-state index in [1.165, 1.54) is 12.3 Å². The summed E-state index contributed by atoms with van der Waals surface area (Å²) >= 11 is 0. The quantitative estimate of drug-likeness (QED) is 0.780. The molecule has 0 radical (unpaired) electrons. The Hall–Kier alpha value is -2.35. The Kier molecular flexibility index (Phi) is 3.26. The maximum atomic E-state index is 12.7. The Morgan fingerprint density at radius 3 is 2.47 bits per heavy atom. The summed E-state index contributed by atoms with van der Waals surface area (Å²) in [6.45, 7) is 1.79. The number of hydrogen-bond acceptors (Lipinski definition) is 2. The summed E-state index contributed by atoms with van der Waals surface area (Å²) in [5.74, 6) is 0. The topological polar surface area (TPSA) is 36.7 Å². The number of hydrogen-bond donors (Lipinski definition) is 0. The van der Waals surface area contributed by atoms with Crippen LogP contribution in [0.3, 0.4) is 0 Å². The van der Waals surface area contributed by atoms with Crippen LogP contribution in [-0.4, -0.2) is 4.98 Å². The Labute approximate surface area is 108 Å². The number of aromatic nitrogens is 1. The monoisotopic (exact) mass is 262 g/mol. The van der Waals surface area contributed by atoms with Gasteiger partial charge in [0.05, 0.1) is 17.2 Å². The van der Waals surface area contributed by atoms with Gasteiger partial charge >= 0.3 is 6.18 Å². The molecule has 0 atom stereocenters. The molecule has 2 aromatic rings. The van der Waals surface area contributed by atoms with E-state index < -0.39 is 11.7 Å². The predicted octanol–water partition coefficient (Wildman–Crippen LogP) is 3.95. The lowest BCUT2D eigenvalue weighted by atomic mass is 9.98. The second-order valence-corrected chi connectivity index (χ2v) is 4.12. The van der Waals surface area contributed by atoms with Crippen LogP contribution in [0, 0.1) is 18.3 Å². The van der Waals surface area contributed by atoms with Crippen LogP contribution < -0.4 is 0 Å². The molecule has 0 saturated carbocycles. The summed E-state index contributed by atoms with van der Waals surface area (Å²) in [6, 6.07) is 6.67. The summed E-state index contributed by atoms with van der Waals surface area (Å²) in [7, 11) is 0. The normalized spacial score (nSPS) is 11.1. The summed E-state index contributed by atoms with van der Waals surface area (Å²) < 4.78 is 38.1. The lowest BCUT2D eigenvalue weighted by molar-refractivity contribution is -0.137. The molecule has 0 aliphatic carbocycles. The molecule has 2 nitrogen and oxygen atoms in total. The molecule has 19 heavy (non-hydrogen) atoms. The highest BCUT2D eigenvalue weighted by Gasteiger charge is 2.31. The molecule has 5 heteroatoms. The van der Waals surface area contributed by atoms with Crippen molar-refractivity contribution < 1.29 is 13.2 Å². The molecule has 0 saturated heterocycles. The van der Waals surface area contributed by atoms with Crippen LogP contribution >= 0.6 is 0 Å². The zero-order valence-corrected chi connectivity index (χ0v) is 9.99. The van der Waals surface area contributed by atoms with E-state index >= 15 is 0 Å². The Morgan fingerprint density at radius 2 is 1.89 bits per heavy atom. The van der Waals surface area contributed by atoms with Crippen molar-refractivity contribution in [3.05, 3.63) is 53.3 Å². The van der Waals surface area contributed by atoms with Gasteiger partial charge in [-0.05, 0) is 36.8 Å². The molecule has 1 heterocycles. The van der Waals surface area contributed by atoms with Crippen LogP contribution in [0.4, 0.5) is 13.2 Å². The molecule has 0 aliphatic heterocycles. The minimum absolute atomic E-state index is 0.195. The molecule has 2 rings (SSSR count). The van der Waals surface area contributed by atoms with E-state index in [-0.39, 0.29) is 11.1 Å². The fraction of sp³-hybridized carbons (Fsp3) is 0.143. The fourth-order valence-corrected chi connectivity index (χ4v) is 1.76. The lowest BCUT2D eigenvalue weighted by Crippen LogP contribution is -2.05. The third-order valence-corrected chi connectivity index (χ3v) is 2.65. The van der Waals surface area contributed by atoms with Gasteiger partial charge in [-0.1, -0.05) is 0 Å². The van der Waals surface area contributed by atoms with Crippen molar-refractivity contribution >= 4 is 0 Å². The smallest absolute Gasteiger partial charge is 0.264 e. The van der Waals surface area contributed by atoms with Crippen LogP contribution in [0.2, 0.25) is 0 Å². The summed E-state index contributed by atoms with van der Waals surface area (Å²) in [6.07, 6.45) is -1.38.